The van der Waals surface area contributed by atoms with E-state index in [1.165, 1.54) is 0 Å². The van der Waals surface area contributed by atoms with Crippen LogP contribution in [0.1, 0.15) is 6.42 Å². The molecule has 2 fully saturated rings. The second-order valence-electron chi connectivity index (χ2n) is 3.49. The van der Waals surface area contributed by atoms with E-state index in [0.717, 1.165) is 5.25 Å². The lowest BCUT2D eigenvalue weighted by Gasteiger charge is -2.08. The standard InChI is InChI=1S/C8H8O2S2/c9-5(10)3-8-2-1-4-6(11-4)7(8)12-8/h1-2,4,6-7H,3H2,(H,9,10). The van der Waals surface area contributed by atoms with Crippen molar-refractivity contribution in [2.45, 2.75) is 26.9 Å². The quantitative estimate of drug-likeness (QED) is 0.539. The lowest BCUT2D eigenvalue weighted by atomic mass is 9.93. The van der Waals surface area contributed by atoms with E-state index in [1.54, 1.807) is 0 Å². The highest BCUT2D eigenvalue weighted by Gasteiger charge is 2.66. The fraction of sp³-hybridized carbons (Fsp3) is 0.625. The molecule has 3 aliphatic rings. The molecule has 0 aromatic heterocycles. The molecule has 2 saturated heterocycles. The highest BCUT2D eigenvalue weighted by atomic mass is 32.2. The van der Waals surface area contributed by atoms with Crippen LogP contribution >= 0.6 is 23.5 Å². The first-order valence-corrected chi connectivity index (χ1v) is 5.78. The molecule has 2 nitrogen and oxygen atoms in total. The normalized spacial score (nSPS) is 52.5. The molecule has 4 unspecified atom stereocenters. The van der Waals surface area contributed by atoms with Gasteiger partial charge in [-0.3, -0.25) is 4.79 Å². The Morgan fingerprint density at radius 2 is 2.50 bits per heavy atom. The van der Waals surface area contributed by atoms with Crippen molar-refractivity contribution >= 4 is 29.5 Å². The topological polar surface area (TPSA) is 37.3 Å². The summed E-state index contributed by atoms with van der Waals surface area (Å²) in [6.07, 6.45) is 4.62. The summed E-state index contributed by atoms with van der Waals surface area (Å²) in [7, 11) is 0. The number of carboxylic acids is 1. The van der Waals surface area contributed by atoms with Crippen molar-refractivity contribution in [2.24, 2.45) is 0 Å². The van der Waals surface area contributed by atoms with Crippen molar-refractivity contribution in [2.75, 3.05) is 0 Å². The fourth-order valence-corrected chi connectivity index (χ4v) is 4.91. The van der Waals surface area contributed by atoms with Crippen LogP contribution in [0.15, 0.2) is 12.2 Å². The Hall–Kier alpha value is -0.0900. The Bertz CT molecular complexity index is 289. The van der Waals surface area contributed by atoms with E-state index in [-0.39, 0.29) is 4.75 Å². The highest BCUT2D eigenvalue weighted by Crippen LogP contribution is 2.70. The molecule has 0 spiro atoms. The van der Waals surface area contributed by atoms with Crippen molar-refractivity contribution in [1.29, 1.82) is 0 Å². The molecule has 64 valence electrons. The summed E-state index contributed by atoms with van der Waals surface area (Å²) in [5.74, 6) is -0.668. The molecule has 1 N–H and O–H groups in total. The molecule has 0 aromatic carbocycles. The number of thioether (sulfide) groups is 2. The average molecular weight is 200 g/mol. The number of rotatable bonds is 2. The number of hydrogen-bond acceptors (Lipinski definition) is 3. The summed E-state index contributed by atoms with van der Waals surface area (Å²) in [6.45, 7) is 0. The minimum absolute atomic E-state index is 0.00347. The monoisotopic (exact) mass is 200 g/mol. The molecular weight excluding hydrogens is 192 g/mol. The van der Waals surface area contributed by atoms with E-state index >= 15 is 0 Å². The van der Waals surface area contributed by atoms with Crippen LogP contribution in [-0.2, 0) is 4.79 Å². The van der Waals surface area contributed by atoms with Crippen molar-refractivity contribution in [1.82, 2.24) is 0 Å². The zero-order valence-corrected chi connectivity index (χ0v) is 7.90. The summed E-state index contributed by atoms with van der Waals surface area (Å²) in [5.41, 5.74) is 0. The molecule has 2 aliphatic heterocycles. The molecule has 0 saturated carbocycles. The van der Waals surface area contributed by atoms with Gasteiger partial charge in [0, 0.05) is 15.7 Å². The van der Waals surface area contributed by atoms with Gasteiger partial charge in [0.15, 0.2) is 0 Å². The predicted octanol–water partition coefficient (Wildman–Crippen LogP) is 1.37. The molecular formula is C8H8O2S2. The summed E-state index contributed by atoms with van der Waals surface area (Å²) in [6, 6.07) is 0. The predicted molar refractivity (Wildman–Crippen MR) is 50.7 cm³/mol. The minimum Gasteiger partial charge on any atom is -0.481 e. The molecule has 0 aromatic rings. The lowest BCUT2D eigenvalue weighted by Crippen LogP contribution is -2.23. The zero-order chi connectivity index (χ0) is 8.34. The molecule has 2 heterocycles. The van der Waals surface area contributed by atoms with E-state index in [0.29, 0.717) is 16.9 Å². The molecule has 1 aliphatic carbocycles. The second-order valence-corrected chi connectivity index (χ2v) is 6.35. The number of carbonyl (C=O) groups is 1. The van der Waals surface area contributed by atoms with Crippen molar-refractivity contribution in [3.05, 3.63) is 12.2 Å². The van der Waals surface area contributed by atoms with Crippen molar-refractivity contribution in [3.63, 3.8) is 0 Å². The molecule has 0 amide bonds. The average Bonchev–Trinajstić information content (AvgIpc) is 2.73. The molecule has 12 heavy (non-hydrogen) atoms. The lowest BCUT2D eigenvalue weighted by molar-refractivity contribution is -0.137. The first kappa shape index (κ1) is 7.33. The number of hydrogen-bond donors (Lipinski definition) is 1. The summed E-state index contributed by atoms with van der Waals surface area (Å²) < 4.78 is -0.00347. The third-order valence-corrected chi connectivity index (χ3v) is 5.82. The van der Waals surface area contributed by atoms with Gasteiger partial charge in [-0.1, -0.05) is 12.2 Å². The van der Waals surface area contributed by atoms with E-state index in [9.17, 15) is 4.79 Å². The van der Waals surface area contributed by atoms with E-state index < -0.39 is 5.97 Å². The zero-order valence-electron chi connectivity index (χ0n) is 6.27. The van der Waals surface area contributed by atoms with Gasteiger partial charge in [0.25, 0.3) is 0 Å². The van der Waals surface area contributed by atoms with Gasteiger partial charge in [0.05, 0.1) is 11.2 Å². The Morgan fingerprint density at radius 1 is 1.67 bits per heavy atom. The summed E-state index contributed by atoms with van der Waals surface area (Å²) >= 11 is 3.81. The van der Waals surface area contributed by atoms with Crippen LogP contribution in [0.4, 0.5) is 0 Å². The summed E-state index contributed by atoms with van der Waals surface area (Å²) in [5, 5.41) is 10.8. The first-order valence-electron chi connectivity index (χ1n) is 3.96. The minimum atomic E-state index is -0.668. The maximum absolute atomic E-state index is 10.6. The smallest absolute Gasteiger partial charge is 0.305 e. The van der Waals surface area contributed by atoms with Gasteiger partial charge < -0.3 is 5.11 Å². The van der Waals surface area contributed by atoms with Gasteiger partial charge in [-0.05, 0) is 0 Å². The van der Waals surface area contributed by atoms with Crippen LogP contribution in [0.2, 0.25) is 0 Å². The Labute approximate surface area is 78.8 Å². The first-order chi connectivity index (χ1) is 5.71. The van der Waals surface area contributed by atoms with E-state index in [4.69, 9.17) is 5.11 Å². The van der Waals surface area contributed by atoms with Crippen LogP contribution < -0.4 is 0 Å². The summed E-state index contributed by atoms with van der Waals surface area (Å²) in [4.78, 5) is 10.6. The second kappa shape index (κ2) is 2.04. The van der Waals surface area contributed by atoms with Gasteiger partial charge in [-0.2, -0.15) is 0 Å². The van der Waals surface area contributed by atoms with Crippen LogP contribution in [0.3, 0.4) is 0 Å². The van der Waals surface area contributed by atoms with Crippen LogP contribution in [-0.4, -0.2) is 31.6 Å². The van der Waals surface area contributed by atoms with Crippen LogP contribution in [0.5, 0.6) is 0 Å². The third-order valence-electron chi connectivity index (χ3n) is 2.63. The maximum atomic E-state index is 10.6. The Kier molecular flexibility index (Phi) is 1.25. The Morgan fingerprint density at radius 3 is 3.25 bits per heavy atom. The number of fused-ring (bicyclic) bond motifs is 3. The Balaban J connectivity index is 1.82. The van der Waals surface area contributed by atoms with Crippen LogP contribution in [0.25, 0.3) is 0 Å². The molecule has 4 atom stereocenters. The maximum Gasteiger partial charge on any atom is 0.305 e. The third kappa shape index (κ3) is 0.879. The van der Waals surface area contributed by atoms with Crippen molar-refractivity contribution < 1.29 is 9.90 Å². The number of aliphatic carboxylic acids is 1. The van der Waals surface area contributed by atoms with Gasteiger partial charge in [0.1, 0.15) is 0 Å². The molecule has 3 rings (SSSR count). The molecule has 0 radical (unpaired) electrons. The van der Waals surface area contributed by atoms with E-state index in [1.807, 2.05) is 23.5 Å². The number of carboxylic acid groups (broad SMARTS) is 1. The van der Waals surface area contributed by atoms with Gasteiger partial charge in [-0.15, -0.1) is 23.5 Å². The SMILES string of the molecule is O=C(O)CC12C=CC3SC3C1S2. The highest BCUT2D eigenvalue weighted by molar-refractivity contribution is 8.13. The molecule has 0 bridgehead atoms. The van der Waals surface area contributed by atoms with Gasteiger partial charge in [0.2, 0.25) is 0 Å². The molecule has 4 heteroatoms. The largest absolute Gasteiger partial charge is 0.481 e. The van der Waals surface area contributed by atoms with Crippen molar-refractivity contribution in [3.8, 4) is 0 Å². The van der Waals surface area contributed by atoms with Gasteiger partial charge >= 0.3 is 5.97 Å². The van der Waals surface area contributed by atoms with Gasteiger partial charge in [-0.25, -0.2) is 0 Å². The van der Waals surface area contributed by atoms with Crippen LogP contribution in [0, 0.1) is 0 Å². The van der Waals surface area contributed by atoms with E-state index in [2.05, 4.69) is 12.2 Å². The fourth-order valence-electron chi connectivity index (χ4n) is 1.91.